The molecule has 7 fully saturated rings. The highest BCUT2D eigenvalue weighted by atomic mass is 16.6. The third kappa shape index (κ3) is 6.64. The molecule has 5 nitrogen and oxygen atoms in total. The Balaban J connectivity index is 0.00000264. The summed E-state index contributed by atoms with van der Waals surface area (Å²) < 4.78 is 17.2. The monoisotopic (exact) mass is 532 g/mol. The first-order chi connectivity index (χ1) is 18.1. The van der Waals surface area contributed by atoms with E-state index in [2.05, 4.69) is 0 Å². The van der Waals surface area contributed by atoms with Crippen molar-refractivity contribution < 1.29 is 24.8 Å². The van der Waals surface area contributed by atoms with Crippen LogP contribution in [0.3, 0.4) is 0 Å². The third-order valence-electron chi connectivity index (χ3n) is 12.6. The van der Waals surface area contributed by atoms with E-state index in [1.807, 2.05) is 6.92 Å². The molecule has 7 rings (SSSR count). The molecule has 4 saturated carbocycles. The second-order valence-electron chi connectivity index (χ2n) is 15.1. The van der Waals surface area contributed by atoms with Crippen molar-refractivity contribution in [3.05, 3.63) is 0 Å². The number of fused-ring (bicyclic) bond motifs is 2. The SMILES string of the molecule is CC(O)CC1CCC2CCC(CC3CO3)CC2C1CC1C(CC2CO2)CCC2CCC(CC3CO3)CC21.O. The van der Waals surface area contributed by atoms with Crippen LogP contribution in [0.1, 0.15) is 103 Å². The van der Waals surface area contributed by atoms with Gasteiger partial charge in [0.2, 0.25) is 0 Å². The quantitative estimate of drug-likeness (QED) is 0.360. The molecule has 3 heterocycles. The van der Waals surface area contributed by atoms with Crippen molar-refractivity contribution in [2.75, 3.05) is 19.8 Å². The van der Waals surface area contributed by atoms with Gasteiger partial charge in [0.05, 0.1) is 44.2 Å². The Hall–Kier alpha value is -0.200. The first kappa shape index (κ1) is 27.9. The molecule has 5 heteroatoms. The summed E-state index contributed by atoms with van der Waals surface area (Å²) in [4.78, 5) is 0. The van der Waals surface area contributed by atoms with Gasteiger partial charge in [0.15, 0.2) is 0 Å². The van der Waals surface area contributed by atoms with Crippen LogP contribution >= 0.6 is 0 Å². The van der Waals surface area contributed by atoms with Gasteiger partial charge in [-0.15, -0.1) is 0 Å². The lowest BCUT2D eigenvalue weighted by Gasteiger charge is -2.53. The summed E-state index contributed by atoms with van der Waals surface area (Å²) >= 11 is 0. The standard InChI is InChI=1S/C33H54O4.H2O/c1-20(34)10-25-8-6-23-4-2-21(11-27-17-35-27)13-30(23)32(25)16-33-26(15-29-19-37-29)9-7-24-5-3-22(14-31(24)33)12-28-18-36-28;/h20-34H,2-19H2,1H3;1H2. The van der Waals surface area contributed by atoms with E-state index in [0.29, 0.717) is 18.3 Å². The van der Waals surface area contributed by atoms with Crippen molar-refractivity contribution in [1.29, 1.82) is 0 Å². The lowest BCUT2D eigenvalue weighted by atomic mass is 9.52. The lowest BCUT2D eigenvalue weighted by Crippen LogP contribution is -2.45. The summed E-state index contributed by atoms with van der Waals surface area (Å²) in [6.07, 6.45) is 22.5. The highest BCUT2D eigenvalue weighted by Crippen LogP contribution is 2.57. The van der Waals surface area contributed by atoms with Crippen LogP contribution in [0.25, 0.3) is 0 Å². The molecule has 14 unspecified atom stereocenters. The van der Waals surface area contributed by atoms with Crippen molar-refractivity contribution in [1.82, 2.24) is 0 Å². The smallest absolute Gasteiger partial charge is 0.0812 e. The van der Waals surface area contributed by atoms with Crippen LogP contribution in [-0.2, 0) is 14.2 Å². The summed E-state index contributed by atoms with van der Waals surface area (Å²) in [6.45, 7) is 5.10. The van der Waals surface area contributed by atoms with Crippen LogP contribution in [0.2, 0.25) is 0 Å². The first-order valence-electron chi connectivity index (χ1n) is 16.6. The number of aliphatic hydroxyl groups is 1. The summed E-state index contributed by atoms with van der Waals surface area (Å²) in [5.74, 6) is 8.85. The van der Waals surface area contributed by atoms with E-state index >= 15 is 0 Å². The zero-order chi connectivity index (χ0) is 24.9. The van der Waals surface area contributed by atoms with Crippen LogP contribution in [0, 0.1) is 59.2 Å². The van der Waals surface area contributed by atoms with Gasteiger partial charge in [-0.25, -0.2) is 0 Å². The average Bonchev–Trinajstić information content (AvgIpc) is 3.71. The number of epoxide rings is 3. The maximum atomic E-state index is 10.5. The first-order valence-corrected chi connectivity index (χ1v) is 16.6. The second-order valence-corrected chi connectivity index (χ2v) is 15.1. The maximum absolute atomic E-state index is 10.5. The molecule has 4 aliphatic carbocycles. The molecule has 0 aromatic rings. The number of rotatable bonds is 10. The van der Waals surface area contributed by atoms with E-state index in [9.17, 15) is 5.11 Å². The Morgan fingerprint density at radius 3 is 1.55 bits per heavy atom. The molecule has 218 valence electrons. The number of hydrogen-bond acceptors (Lipinski definition) is 4. The van der Waals surface area contributed by atoms with Crippen molar-refractivity contribution in [2.24, 2.45) is 59.2 Å². The third-order valence-corrected chi connectivity index (χ3v) is 12.6. The Morgan fingerprint density at radius 2 is 1.05 bits per heavy atom. The highest BCUT2D eigenvalue weighted by Gasteiger charge is 2.49. The summed E-state index contributed by atoms with van der Waals surface area (Å²) in [5.41, 5.74) is 0. The predicted molar refractivity (Wildman–Crippen MR) is 149 cm³/mol. The molecule has 0 spiro atoms. The Morgan fingerprint density at radius 1 is 0.605 bits per heavy atom. The van der Waals surface area contributed by atoms with Crippen LogP contribution in [0.4, 0.5) is 0 Å². The van der Waals surface area contributed by atoms with Crippen LogP contribution in [0.15, 0.2) is 0 Å². The van der Waals surface area contributed by atoms with Gasteiger partial charge in [0.1, 0.15) is 0 Å². The lowest BCUT2D eigenvalue weighted by molar-refractivity contribution is -0.0405. The van der Waals surface area contributed by atoms with Crippen molar-refractivity contribution in [3.8, 4) is 0 Å². The zero-order valence-electron chi connectivity index (χ0n) is 24.0. The fraction of sp³-hybridized carbons (Fsp3) is 1.00. The topological polar surface area (TPSA) is 89.3 Å². The van der Waals surface area contributed by atoms with Crippen molar-refractivity contribution in [2.45, 2.75) is 128 Å². The van der Waals surface area contributed by atoms with E-state index in [0.717, 1.165) is 85.4 Å². The molecule has 3 N–H and O–H groups in total. The van der Waals surface area contributed by atoms with Crippen molar-refractivity contribution >= 4 is 0 Å². The van der Waals surface area contributed by atoms with E-state index in [-0.39, 0.29) is 11.6 Å². The highest BCUT2D eigenvalue weighted by molar-refractivity contribution is 4.99. The van der Waals surface area contributed by atoms with Gasteiger partial charge in [0, 0.05) is 0 Å². The average molecular weight is 533 g/mol. The molecule has 14 atom stereocenters. The Bertz CT molecular complexity index is 702. The van der Waals surface area contributed by atoms with E-state index < -0.39 is 0 Å². The van der Waals surface area contributed by atoms with Gasteiger partial charge < -0.3 is 24.8 Å². The summed E-state index contributed by atoms with van der Waals surface area (Å²) in [5, 5.41) is 10.5. The van der Waals surface area contributed by atoms with Crippen LogP contribution < -0.4 is 0 Å². The Labute approximate surface area is 231 Å². The maximum Gasteiger partial charge on any atom is 0.0812 e. The van der Waals surface area contributed by atoms with Gasteiger partial charge >= 0.3 is 0 Å². The van der Waals surface area contributed by atoms with Gasteiger partial charge in [-0.2, -0.15) is 0 Å². The van der Waals surface area contributed by atoms with Crippen molar-refractivity contribution in [3.63, 3.8) is 0 Å². The largest absolute Gasteiger partial charge is 0.412 e. The molecule has 3 aliphatic heterocycles. The fourth-order valence-corrected chi connectivity index (χ4v) is 10.7. The van der Waals surface area contributed by atoms with E-state index in [1.54, 1.807) is 0 Å². The van der Waals surface area contributed by atoms with E-state index in [1.165, 1.54) is 89.9 Å². The zero-order valence-corrected chi connectivity index (χ0v) is 24.0. The van der Waals surface area contributed by atoms with Gasteiger partial charge in [-0.05, 0) is 150 Å². The molecule has 0 radical (unpaired) electrons. The minimum absolute atomic E-state index is 0. The summed E-state index contributed by atoms with van der Waals surface area (Å²) in [6, 6.07) is 0. The Kier molecular flexibility index (Phi) is 8.79. The molecule has 3 saturated heterocycles. The molecule has 0 aromatic heterocycles. The summed E-state index contributed by atoms with van der Waals surface area (Å²) in [7, 11) is 0. The van der Waals surface area contributed by atoms with Crippen LogP contribution in [-0.4, -0.2) is 54.8 Å². The van der Waals surface area contributed by atoms with Crippen LogP contribution in [0.5, 0.6) is 0 Å². The minimum atomic E-state index is -0.157. The van der Waals surface area contributed by atoms with E-state index in [4.69, 9.17) is 14.2 Å². The predicted octanol–water partition coefficient (Wildman–Crippen LogP) is 5.81. The molecule has 0 bridgehead atoms. The van der Waals surface area contributed by atoms with Gasteiger partial charge in [-0.1, -0.05) is 12.8 Å². The fourth-order valence-electron chi connectivity index (χ4n) is 10.7. The molecule has 38 heavy (non-hydrogen) atoms. The van der Waals surface area contributed by atoms with Gasteiger partial charge in [0.25, 0.3) is 0 Å². The molecule has 7 aliphatic rings. The minimum Gasteiger partial charge on any atom is -0.412 e. The van der Waals surface area contributed by atoms with Gasteiger partial charge in [-0.3, -0.25) is 0 Å². The number of ether oxygens (including phenoxy) is 3. The number of hydrogen-bond donors (Lipinski definition) is 1. The second kappa shape index (κ2) is 12.0. The molecular formula is C33H56O5. The molecule has 0 aromatic carbocycles. The molecular weight excluding hydrogens is 476 g/mol. The normalized spacial score (nSPS) is 50.2. The molecule has 0 amide bonds. The number of aliphatic hydroxyl groups excluding tert-OH is 1.